The molecule has 0 spiro atoms. The average Bonchev–Trinajstić information content (AvgIpc) is 1.80. The molecule has 1 heteroatoms. The fraction of sp³-hybridized carbons (Fsp3) is 0.667. The van der Waals surface area contributed by atoms with Gasteiger partial charge >= 0.3 is 0 Å². The van der Waals surface area contributed by atoms with Crippen LogP contribution >= 0.6 is 0 Å². The summed E-state index contributed by atoms with van der Waals surface area (Å²) in [7, 11) is 0. The molecule has 0 saturated heterocycles. The maximum Gasteiger partial charge on any atom is 0.0664 e. The maximum absolute atomic E-state index is 8.69. The van der Waals surface area contributed by atoms with E-state index in [0.717, 1.165) is 6.42 Å². The van der Waals surface area contributed by atoms with Gasteiger partial charge in [-0.15, -0.1) is 6.58 Å². The van der Waals surface area contributed by atoms with Crippen LogP contribution in [0.25, 0.3) is 0 Å². The Morgan fingerprint density at radius 2 is 2.10 bits per heavy atom. The molecule has 0 aromatic heterocycles. The number of hydrogen-bond acceptors (Lipinski definition) is 1. The summed E-state index contributed by atoms with van der Waals surface area (Å²) in [6.07, 6.45) is 2.60. The van der Waals surface area contributed by atoms with Gasteiger partial charge in [-0.1, -0.05) is 26.8 Å². The van der Waals surface area contributed by atoms with E-state index in [1.807, 2.05) is 0 Å². The van der Waals surface area contributed by atoms with Crippen LogP contribution in [0, 0.1) is 22.7 Å². The molecule has 0 aliphatic carbocycles. The number of hydrogen-bond donors (Lipinski definition) is 0. The van der Waals surface area contributed by atoms with E-state index in [0.29, 0.717) is 0 Å². The van der Waals surface area contributed by atoms with Gasteiger partial charge in [0.05, 0.1) is 12.0 Å². The van der Waals surface area contributed by atoms with Crippen LogP contribution in [0.1, 0.15) is 27.2 Å². The zero-order valence-electron chi connectivity index (χ0n) is 7.02. The van der Waals surface area contributed by atoms with Gasteiger partial charge in [0.25, 0.3) is 0 Å². The van der Waals surface area contributed by atoms with Crippen LogP contribution in [-0.4, -0.2) is 0 Å². The van der Waals surface area contributed by atoms with E-state index in [1.54, 1.807) is 6.08 Å². The van der Waals surface area contributed by atoms with Crippen molar-refractivity contribution >= 4 is 0 Å². The third-order valence-corrected chi connectivity index (χ3v) is 1.60. The van der Waals surface area contributed by atoms with Crippen molar-refractivity contribution in [2.24, 2.45) is 11.3 Å². The molecule has 0 aromatic rings. The highest BCUT2D eigenvalue weighted by Crippen LogP contribution is 2.27. The summed E-state index contributed by atoms with van der Waals surface area (Å²) >= 11 is 0. The highest BCUT2D eigenvalue weighted by atomic mass is 14.3. The zero-order valence-corrected chi connectivity index (χ0v) is 7.02. The summed E-state index contributed by atoms with van der Waals surface area (Å²) in [5.74, 6) is 0.102. The first-order valence-corrected chi connectivity index (χ1v) is 3.53. The molecule has 0 amide bonds. The Morgan fingerprint density at radius 3 is 2.20 bits per heavy atom. The summed E-state index contributed by atoms with van der Waals surface area (Å²) in [5.41, 5.74) is 0.0862. The van der Waals surface area contributed by atoms with Gasteiger partial charge in [0.1, 0.15) is 0 Å². The normalized spacial score (nSPS) is 13.8. The fourth-order valence-corrected chi connectivity index (χ4v) is 0.767. The van der Waals surface area contributed by atoms with Crippen LogP contribution in [0.3, 0.4) is 0 Å². The molecule has 0 aromatic carbocycles. The summed E-state index contributed by atoms with van der Waals surface area (Å²) in [4.78, 5) is 0. The van der Waals surface area contributed by atoms with Gasteiger partial charge in [0.15, 0.2) is 0 Å². The molecule has 0 radical (unpaired) electrons. The second kappa shape index (κ2) is 3.41. The van der Waals surface area contributed by atoms with E-state index in [-0.39, 0.29) is 11.3 Å². The second-order valence-electron chi connectivity index (χ2n) is 3.57. The van der Waals surface area contributed by atoms with Crippen molar-refractivity contribution in [3.8, 4) is 6.07 Å². The third-order valence-electron chi connectivity index (χ3n) is 1.60. The SMILES string of the molecule is C=CCC(C#N)C(C)(C)C. The first kappa shape index (κ1) is 9.23. The van der Waals surface area contributed by atoms with Crippen LogP contribution in [0.2, 0.25) is 0 Å². The molecule has 0 rings (SSSR count). The monoisotopic (exact) mass is 137 g/mol. The van der Waals surface area contributed by atoms with Crippen molar-refractivity contribution in [2.45, 2.75) is 27.2 Å². The lowest BCUT2D eigenvalue weighted by molar-refractivity contribution is 0.303. The van der Waals surface area contributed by atoms with Gasteiger partial charge < -0.3 is 0 Å². The van der Waals surface area contributed by atoms with E-state index >= 15 is 0 Å². The molecule has 10 heavy (non-hydrogen) atoms. The highest BCUT2D eigenvalue weighted by Gasteiger charge is 2.22. The minimum Gasteiger partial charge on any atom is -0.198 e. The van der Waals surface area contributed by atoms with Gasteiger partial charge in [0, 0.05) is 0 Å². The third kappa shape index (κ3) is 2.68. The van der Waals surface area contributed by atoms with Crippen LogP contribution in [-0.2, 0) is 0 Å². The molecule has 1 unspecified atom stereocenters. The van der Waals surface area contributed by atoms with E-state index in [4.69, 9.17) is 5.26 Å². The van der Waals surface area contributed by atoms with Crippen LogP contribution in [0.5, 0.6) is 0 Å². The summed E-state index contributed by atoms with van der Waals surface area (Å²) in [6.45, 7) is 9.83. The quantitative estimate of drug-likeness (QED) is 0.537. The van der Waals surface area contributed by atoms with Crippen LogP contribution in [0.15, 0.2) is 12.7 Å². The Morgan fingerprint density at radius 1 is 1.60 bits per heavy atom. The van der Waals surface area contributed by atoms with E-state index < -0.39 is 0 Å². The van der Waals surface area contributed by atoms with Crippen molar-refractivity contribution in [1.82, 2.24) is 0 Å². The van der Waals surface area contributed by atoms with Crippen LogP contribution < -0.4 is 0 Å². The molecule has 0 aliphatic rings. The summed E-state index contributed by atoms with van der Waals surface area (Å²) in [6, 6.07) is 2.27. The molecule has 0 aliphatic heterocycles. The minimum absolute atomic E-state index is 0.0862. The molecule has 0 bridgehead atoms. The number of rotatable bonds is 2. The van der Waals surface area contributed by atoms with Gasteiger partial charge in [-0.2, -0.15) is 5.26 Å². The Kier molecular flexibility index (Phi) is 3.15. The topological polar surface area (TPSA) is 23.8 Å². The van der Waals surface area contributed by atoms with Crippen LogP contribution in [0.4, 0.5) is 0 Å². The average molecular weight is 137 g/mol. The number of nitrogens with zero attached hydrogens (tertiary/aromatic N) is 1. The van der Waals surface area contributed by atoms with E-state index in [1.165, 1.54) is 0 Å². The molecule has 0 heterocycles. The van der Waals surface area contributed by atoms with Gasteiger partial charge in [-0.25, -0.2) is 0 Å². The predicted octanol–water partition coefficient (Wildman–Crippen LogP) is 2.75. The van der Waals surface area contributed by atoms with Crippen molar-refractivity contribution in [1.29, 1.82) is 5.26 Å². The largest absolute Gasteiger partial charge is 0.198 e. The lowest BCUT2D eigenvalue weighted by Gasteiger charge is -2.23. The molecule has 56 valence electrons. The zero-order chi connectivity index (χ0) is 8.20. The highest BCUT2D eigenvalue weighted by molar-refractivity contribution is 4.94. The molecule has 0 fully saturated rings. The standard InChI is InChI=1S/C9H15N/c1-5-6-8(7-10)9(2,3)4/h5,8H,1,6H2,2-4H3. The van der Waals surface area contributed by atoms with Gasteiger partial charge in [0.2, 0.25) is 0 Å². The smallest absolute Gasteiger partial charge is 0.0664 e. The van der Waals surface area contributed by atoms with Crippen molar-refractivity contribution in [3.05, 3.63) is 12.7 Å². The number of allylic oxidation sites excluding steroid dienone is 1. The summed E-state index contributed by atoms with van der Waals surface area (Å²) < 4.78 is 0. The van der Waals surface area contributed by atoms with Crippen molar-refractivity contribution < 1.29 is 0 Å². The first-order chi connectivity index (χ1) is 4.52. The number of nitriles is 1. The van der Waals surface area contributed by atoms with E-state index in [2.05, 4.69) is 33.4 Å². The Bertz CT molecular complexity index is 145. The van der Waals surface area contributed by atoms with Crippen molar-refractivity contribution in [2.75, 3.05) is 0 Å². The molecule has 0 saturated carbocycles. The molecule has 1 nitrogen and oxygen atoms in total. The maximum atomic E-state index is 8.69. The van der Waals surface area contributed by atoms with Crippen molar-refractivity contribution in [3.63, 3.8) is 0 Å². The van der Waals surface area contributed by atoms with E-state index in [9.17, 15) is 0 Å². The molecule has 0 N–H and O–H groups in total. The van der Waals surface area contributed by atoms with Gasteiger partial charge in [-0.3, -0.25) is 0 Å². The lowest BCUT2D eigenvalue weighted by Crippen LogP contribution is -2.17. The minimum atomic E-state index is 0.0862. The molecular formula is C9H15N. The Labute approximate surface area is 63.4 Å². The predicted molar refractivity (Wildman–Crippen MR) is 43.4 cm³/mol. The van der Waals surface area contributed by atoms with Gasteiger partial charge in [-0.05, 0) is 11.8 Å². The summed E-state index contributed by atoms with van der Waals surface area (Å²) in [5, 5.41) is 8.69. The fourth-order valence-electron chi connectivity index (χ4n) is 0.767. The molecular weight excluding hydrogens is 122 g/mol. The Hall–Kier alpha value is -0.770. The Balaban J connectivity index is 4.10. The lowest BCUT2D eigenvalue weighted by atomic mass is 9.80. The molecule has 1 atom stereocenters. The second-order valence-corrected chi connectivity index (χ2v) is 3.57. The first-order valence-electron chi connectivity index (χ1n) is 3.53.